The molecule has 0 saturated carbocycles. The van der Waals surface area contributed by atoms with Crippen LogP contribution in [-0.4, -0.2) is 9.91 Å². The zero-order valence-corrected chi connectivity index (χ0v) is 11.6. The maximum Gasteiger partial charge on any atom is 0.311 e. The Morgan fingerprint density at radius 1 is 1.50 bits per heavy atom. The lowest BCUT2D eigenvalue weighted by molar-refractivity contribution is -0.386. The number of benzene rings is 1. The highest BCUT2D eigenvalue weighted by atomic mass is 79.9. The highest BCUT2D eigenvalue weighted by molar-refractivity contribution is 9.08. The highest BCUT2D eigenvalue weighted by Gasteiger charge is 2.16. The predicted octanol–water partition coefficient (Wildman–Crippen LogP) is 3.53. The fourth-order valence-corrected chi connectivity index (χ4v) is 2.23. The Kier molecular flexibility index (Phi) is 4.27. The molecule has 0 atom stereocenters. The van der Waals surface area contributed by atoms with Crippen LogP contribution in [0.5, 0.6) is 5.75 Å². The number of halogens is 1. The molecule has 0 spiro atoms. The molecule has 0 fully saturated rings. The second-order valence-corrected chi connectivity index (χ2v) is 4.98. The van der Waals surface area contributed by atoms with Gasteiger partial charge in [-0.2, -0.15) is 0 Å². The summed E-state index contributed by atoms with van der Waals surface area (Å²) in [4.78, 5) is 15.4. The van der Waals surface area contributed by atoms with Gasteiger partial charge in [0, 0.05) is 17.6 Å². The van der Waals surface area contributed by atoms with Crippen LogP contribution < -0.4 is 4.74 Å². The van der Waals surface area contributed by atoms with Gasteiger partial charge in [-0.25, -0.2) is 0 Å². The summed E-state index contributed by atoms with van der Waals surface area (Å²) in [5.74, 6) is 0.276. The molecule has 0 unspecified atom stereocenters. The number of nitro benzene ring substituents is 1. The van der Waals surface area contributed by atoms with Gasteiger partial charge >= 0.3 is 5.69 Å². The Morgan fingerprint density at radius 3 is 2.94 bits per heavy atom. The molecular formula is C11H9BrN2O3S. The molecule has 0 aliphatic carbocycles. The number of nitrogens with zero attached hydrogens (tertiary/aromatic N) is 2. The van der Waals surface area contributed by atoms with Crippen molar-refractivity contribution < 1.29 is 9.66 Å². The molecule has 5 nitrogen and oxygen atoms in total. The first kappa shape index (κ1) is 13.0. The number of ether oxygens (including phenoxy) is 1. The zero-order chi connectivity index (χ0) is 13.0. The topological polar surface area (TPSA) is 65.3 Å². The molecule has 0 aliphatic heterocycles. The van der Waals surface area contributed by atoms with Crippen LogP contribution in [0.2, 0.25) is 0 Å². The quantitative estimate of drug-likeness (QED) is 0.478. The van der Waals surface area contributed by atoms with E-state index in [1.54, 1.807) is 23.8 Å². The van der Waals surface area contributed by atoms with Gasteiger partial charge in [-0.1, -0.05) is 22.0 Å². The second kappa shape index (κ2) is 5.92. The molecule has 7 heteroatoms. The number of aromatic nitrogens is 1. The largest absolute Gasteiger partial charge is 0.481 e. The first-order chi connectivity index (χ1) is 8.70. The Balaban J connectivity index is 2.18. The number of rotatable bonds is 5. The fraction of sp³-hybridized carbons (Fsp3) is 0.182. The molecule has 0 N–H and O–H groups in total. The second-order valence-electron chi connectivity index (χ2n) is 3.45. The van der Waals surface area contributed by atoms with E-state index < -0.39 is 4.92 Å². The van der Waals surface area contributed by atoms with Crippen LogP contribution in [0.3, 0.4) is 0 Å². The third-order valence-electron chi connectivity index (χ3n) is 2.23. The summed E-state index contributed by atoms with van der Waals surface area (Å²) in [5, 5.41) is 11.5. The lowest BCUT2D eigenvalue weighted by Gasteiger charge is -2.06. The summed E-state index contributed by atoms with van der Waals surface area (Å²) < 4.78 is 5.46. The Labute approximate surface area is 116 Å². The molecule has 2 rings (SSSR count). The third-order valence-corrected chi connectivity index (χ3v) is 3.63. The monoisotopic (exact) mass is 328 g/mol. The van der Waals surface area contributed by atoms with Crippen LogP contribution in [0.25, 0.3) is 0 Å². The van der Waals surface area contributed by atoms with Crippen LogP contribution in [0, 0.1) is 10.1 Å². The average molecular weight is 329 g/mol. The van der Waals surface area contributed by atoms with E-state index >= 15 is 0 Å². The van der Waals surface area contributed by atoms with Crippen molar-refractivity contribution in [1.82, 2.24) is 4.98 Å². The molecule has 0 radical (unpaired) electrons. The summed E-state index contributed by atoms with van der Waals surface area (Å²) in [6, 6.07) is 4.93. The van der Waals surface area contributed by atoms with Gasteiger partial charge in [0.2, 0.25) is 0 Å². The van der Waals surface area contributed by atoms with E-state index in [9.17, 15) is 10.1 Å². The predicted molar refractivity (Wildman–Crippen MR) is 72.2 cm³/mol. The molecule has 1 aromatic carbocycles. The van der Waals surface area contributed by atoms with Crippen molar-refractivity contribution in [2.75, 3.05) is 0 Å². The molecule has 1 aromatic heterocycles. The molecule has 94 valence electrons. The molecule has 2 aromatic rings. The van der Waals surface area contributed by atoms with Gasteiger partial charge in [-0.3, -0.25) is 15.1 Å². The molecule has 0 bridgehead atoms. The van der Waals surface area contributed by atoms with Crippen molar-refractivity contribution in [1.29, 1.82) is 0 Å². The normalized spacial score (nSPS) is 10.3. The van der Waals surface area contributed by atoms with E-state index in [1.165, 1.54) is 17.4 Å². The molecule has 1 heterocycles. The van der Waals surface area contributed by atoms with Crippen molar-refractivity contribution in [2.24, 2.45) is 0 Å². The fourth-order valence-electron chi connectivity index (χ4n) is 1.37. The van der Waals surface area contributed by atoms with Crippen molar-refractivity contribution >= 4 is 33.0 Å². The van der Waals surface area contributed by atoms with Crippen LogP contribution in [-0.2, 0) is 11.9 Å². The molecule has 0 aliphatic rings. The van der Waals surface area contributed by atoms with Gasteiger partial charge in [0.15, 0.2) is 5.75 Å². The van der Waals surface area contributed by atoms with E-state index in [4.69, 9.17) is 4.74 Å². The zero-order valence-electron chi connectivity index (χ0n) is 9.21. The lowest BCUT2D eigenvalue weighted by Crippen LogP contribution is -1.98. The Hall–Kier alpha value is -1.47. The minimum absolute atomic E-state index is 0.0172. The minimum Gasteiger partial charge on any atom is -0.481 e. The number of thiazole rings is 1. The molecular weight excluding hydrogens is 320 g/mol. The highest BCUT2D eigenvalue weighted by Crippen LogP contribution is 2.29. The smallest absolute Gasteiger partial charge is 0.311 e. The van der Waals surface area contributed by atoms with E-state index in [0.29, 0.717) is 11.9 Å². The Bertz CT molecular complexity index is 545. The molecule has 0 amide bonds. The summed E-state index contributed by atoms with van der Waals surface area (Å²) in [5.41, 5.74) is 2.52. The summed E-state index contributed by atoms with van der Waals surface area (Å²) in [6.45, 7) is 0.291. The standard InChI is InChI=1S/C11H9BrN2O3S/c12-4-8-1-2-11(10(3-8)14(15)16)17-6-9-5-13-7-18-9/h1-3,5,7H,4,6H2. The van der Waals surface area contributed by atoms with E-state index in [-0.39, 0.29) is 11.4 Å². The van der Waals surface area contributed by atoms with E-state index in [1.807, 2.05) is 0 Å². The van der Waals surface area contributed by atoms with Crippen LogP contribution in [0.4, 0.5) is 5.69 Å². The van der Waals surface area contributed by atoms with E-state index in [0.717, 1.165) is 10.4 Å². The van der Waals surface area contributed by atoms with Gasteiger partial charge in [-0.15, -0.1) is 11.3 Å². The number of hydrogen-bond acceptors (Lipinski definition) is 5. The summed E-state index contributed by atoms with van der Waals surface area (Å²) >= 11 is 4.72. The Morgan fingerprint density at radius 2 is 2.33 bits per heavy atom. The van der Waals surface area contributed by atoms with Crippen molar-refractivity contribution in [3.05, 3.63) is 50.5 Å². The van der Waals surface area contributed by atoms with E-state index in [2.05, 4.69) is 20.9 Å². The van der Waals surface area contributed by atoms with Gasteiger partial charge in [0.25, 0.3) is 0 Å². The SMILES string of the molecule is O=[N+]([O-])c1cc(CBr)ccc1OCc1cncs1. The van der Waals surface area contributed by atoms with Gasteiger partial charge in [0.05, 0.1) is 15.3 Å². The number of nitro groups is 1. The summed E-state index contributed by atoms with van der Waals surface area (Å²) in [6.07, 6.45) is 1.68. The minimum atomic E-state index is -0.436. The van der Waals surface area contributed by atoms with Crippen LogP contribution in [0.15, 0.2) is 29.9 Å². The number of alkyl halides is 1. The van der Waals surface area contributed by atoms with Gasteiger partial charge < -0.3 is 4.74 Å². The van der Waals surface area contributed by atoms with Gasteiger partial charge in [0.1, 0.15) is 6.61 Å². The van der Waals surface area contributed by atoms with Crippen molar-refractivity contribution in [2.45, 2.75) is 11.9 Å². The molecule has 18 heavy (non-hydrogen) atoms. The van der Waals surface area contributed by atoms with Crippen molar-refractivity contribution in [3.63, 3.8) is 0 Å². The lowest BCUT2D eigenvalue weighted by atomic mass is 10.2. The van der Waals surface area contributed by atoms with Crippen LogP contribution in [0.1, 0.15) is 10.4 Å². The van der Waals surface area contributed by atoms with Crippen LogP contribution >= 0.6 is 27.3 Å². The van der Waals surface area contributed by atoms with Gasteiger partial charge in [-0.05, 0) is 11.6 Å². The summed E-state index contributed by atoms with van der Waals surface area (Å²) in [7, 11) is 0. The number of hydrogen-bond donors (Lipinski definition) is 0. The van der Waals surface area contributed by atoms with Crippen molar-refractivity contribution in [3.8, 4) is 5.75 Å². The maximum absolute atomic E-state index is 11.0. The first-order valence-corrected chi connectivity index (χ1v) is 7.04. The average Bonchev–Trinajstić information content (AvgIpc) is 2.89. The first-order valence-electron chi connectivity index (χ1n) is 5.04. The third kappa shape index (κ3) is 3.05. The molecule has 0 saturated heterocycles. The maximum atomic E-state index is 11.0.